The molecule has 1 saturated heterocycles. The van der Waals surface area contributed by atoms with E-state index in [1.807, 2.05) is 0 Å². The maximum atomic E-state index is 13.0. The van der Waals surface area contributed by atoms with Crippen LogP contribution in [0.4, 0.5) is 4.39 Å². The number of rotatable bonds is 3. The molecule has 3 N–H and O–H groups in total. The summed E-state index contributed by atoms with van der Waals surface area (Å²) in [5.74, 6) is -0.691. The minimum absolute atomic E-state index is 0.0575. The van der Waals surface area contributed by atoms with Crippen LogP contribution >= 0.6 is 0 Å². The molecule has 0 amide bonds. The van der Waals surface area contributed by atoms with Gasteiger partial charge in [-0.1, -0.05) is 0 Å². The fourth-order valence-electron chi connectivity index (χ4n) is 1.20. The monoisotopic (exact) mass is 202 g/mol. The Labute approximate surface area is 82.3 Å². The molecule has 0 bridgehead atoms. The van der Waals surface area contributed by atoms with Gasteiger partial charge < -0.3 is 15.6 Å². The Kier molecular flexibility index (Phi) is 4.55. The zero-order valence-electron chi connectivity index (χ0n) is 7.95. The molecular weight excluding hydrogens is 187 g/mol. The molecule has 0 aromatic heterocycles. The summed E-state index contributed by atoms with van der Waals surface area (Å²) in [4.78, 5) is 3.68. The Morgan fingerprint density at radius 3 is 3.00 bits per heavy atom. The highest BCUT2D eigenvalue weighted by atomic mass is 19.1. The SMILES string of the molecule is N/C(=C\C(F)=N\C1CCCCO1)CO. The number of hydrogen-bond acceptors (Lipinski definition) is 4. The predicted octanol–water partition coefficient (Wildman–Crippen LogP) is 0.716. The number of aliphatic imine (C=N–C) groups is 1. The topological polar surface area (TPSA) is 67.8 Å². The summed E-state index contributed by atoms with van der Waals surface area (Å²) in [6, 6.07) is 0. The second-order valence-corrected chi connectivity index (χ2v) is 3.15. The number of nitrogens with two attached hydrogens (primary N) is 1. The molecular formula is C9H15FN2O2. The van der Waals surface area contributed by atoms with E-state index < -0.39 is 12.2 Å². The summed E-state index contributed by atoms with van der Waals surface area (Å²) in [6.45, 7) is 0.259. The summed E-state index contributed by atoms with van der Waals surface area (Å²) >= 11 is 0. The van der Waals surface area contributed by atoms with E-state index in [2.05, 4.69) is 4.99 Å². The van der Waals surface area contributed by atoms with Crippen LogP contribution in [0.2, 0.25) is 0 Å². The van der Waals surface area contributed by atoms with Crippen molar-refractivity contribution in [2.75, 3.05) is 13.2 Å². The van der Waals surface area contributed by atoms with Gasteiger partial charge in [0.15, 0.2) is 6.23 Å². The maximum Gasteiger partial charge on any atom is 0.212 e. The van der Waals surface area contributed by atoms with E-state index in [9.17, 15) is 4.39 Å². The van der Waals surface area contributed by atoms with Crippen molar-refractivity contribution in [3.63, 3.8) is 0 Å². The van der Waals surface area contributed by atoms with Crippen LogP contribution in [0.1, 0.15) is 19.3 Å². The normalized spacial score (nSPS) is 25.1. The van der Waals surface area contributed by atoms with E-state index in [0.29, 0.717) is 6.61 Å². The van der Waals surface area contributed by atoms with Gasteiger partial charge in [-0.15, -0.1) is 0 Å². The molecule has 1 fully saturated rings. The lowest BCUT2D eigenvalue weighted by Gasteiger charge is -2.18. The fraction of sp³-hybridized carbons (Fsp3) is 0.667. The van der Waals surface area contributed by atoms with Crippen molar-refractivity contribution < 1.29 is 14.2 Å². The molecule has 4 nitrogen and oxygen atoms in total. The number of aliphatic hydroxyl groups excluding tert-OH is 1. The number of aliphatic hydroxyl groups is 1. The van der Waals surface area contributed by atoms with Crippen LogP contribution in [-0.4, -0.2) is 30.5 Å². The summed E-state index contributed by atoms with van der Waals surface area (Å²) in [5.41, 5.74) is 5.29. The van der Waals surface area contributed by atoms with E-state index in [4.69, 9.17) is 15.6 Å². The average molecular weight is 202 g/mol. The molecule has 1 heterocycles. The lowest BCUT2D eigenvalue weighted by molar-refractivity contribution is 0.0218. The largest absolute Gasteiger partial charge is 0.400 e. The molecule has 14 heavy (non-hydrogen) atoms. The van der Waals surface area contributed by atoms with Crippen LogP contribution in [0.25, 0.3) is 0 Å². The Bertz CT molecular complexity index is 235. The zero-order chi connectivity index (χ0) is 10.4. The van der Waals surface area contributed by atoms with Gasteiger partial charge in [0.1, 0.15) is 0 Å². The molecule has 0 saturated carbocycles. The quantitative estimate of drug-likeness (QED) is 0.662. The molecule has 1 atom stereocenters. The molecule has 5 heteroatoms. The molecule has 1 rings (SSSR count). The summed E-state index contributed by atoms with van der Waals surface area (Å²) in [5, 5.41) is 8.54. The third kappa shape index (κ3) is 3.85. The van der Waals surface area contributed by atoms with Crippen LogP contribution in [0.5, 0.6) is 0 Å². The first-order chi connectivity index (χ1) is 6.72. The van der Waals surface area contributed by atoms with Crippen LogP contribution in [0, 0.1) is 0 Å². The van der Waals surface area contributed by atoms with Crippen LogP contribution in [0.3, 0.4) is 0 Å². The van der Waals surface area contributed by atoms with Crippen molar-refractivity contribution >= 4 is 5.97 Å². The molecule has 80 valence electrons. The number of halogens is 1. The highest BCUT2D eigenvalue weighted by molar-refractivity contribution is 5.87. The molecule has 1 aliphatic rings. The van der Waals surface area contributed by atoms with Gasteiger partial charge in [-0.05, 0) is 19.3 Å². The Morgan fingerprint density at radius 2 is 2.43 bits per heavy atom. The van der Waals surface area contributed by atoms with Gasteiger partial charge >= 0.3 is 0 Å². The maximum absolute atomic E-state index is 13.0. The van der Waals surface area contributed by atoms with Crippen molar-refractivity contribution in [3.8, 4) is 0 Å². The molecule has 1 aliphatic heterocycles. The lowest BCUT2D eigenvalue weighted by atomic mass is 10.2. The van der Waals surface area contributed by atoms with Gasteiger partial charge in [-0.3, -0.25) is 0 Å². The first-order valence-electron chi connectivity index (χ1n) is 4.64. The van der Waals surface area contributed by atoms with Gasteiger partial charge in [-0.25, -0.2) is 4.99 Å². The van der Waals surface area contributed by atoms with Gasteiger partial charge in [-0.2, -0.15) is 4.39 Å². The second-order valence-electron chi connectivity index (χ2n) is 3.15. The van der Waals surface area contributed by atoms with Crippen molar-refractivity contribution in [3.05, 3.63) is 11.8 Å². The minimum Gasteiger partial charge on any atom is -0.400 e. The Morgan fingerprint density at radius 1 is 1.64 bits per heavy atom. The fourth-order valence-corrected chi connectivity index (χ4v) is 1.20. The van der Waals surface area contributed by atoms with Gasteiger partial charge in [0.25, 0.3) is 0 Å². The number of ether oxygens (including phenoxy) is 1. The van der Waals surface area contributed by atoms with E-state index in [1.165, 1.54) is 0 Å². The third-order valence-corrected chi connectivity index (χ3v) is 1.91. The number of hydrogen-bond donors (Lipinski definition) is 2. The van der Waals surface area contributed by atoms with Gasteiger partial charge in [0.05, 0.1) is 6.61 Å². The predicted molar refractivity (Wildman–Crippen MR) is 51.5 cm³/mol. The van der Waals surface area contributed by atoms with E-state index in [-0.39, 0.29) is 12.3 Å². The smallest absolute Gasteiger partial charge is 0.212 e. The van der Waals surface area contributed by atoms with Crippen molar-refractivity contribution in [1.29, 1.82) is 0 Å². The van der Waals surface area contributed by atoms with Crippen molar-refractivity contribution in [2.24, 2.45) is 10.7 Å². The molecule has 0 spiro atoms. The number of nitrogens with zero attached hydrogens (tertiary/aromatic N) is 1. The minimum atomic E-state index is -0.691. The van der Waals surface area contributed by atoms with Gasteiger partial charge in [0, 0.05) is 18.4 Å². The third-order valence-electron chi connectivity index (χ3n) is 1.91. The summed E-state index contributed by atoms with van der Waals surface area (Å²) in [6.07, 6.45) is 3.35. The van der Waals surface area contributed by atoms with Crippen LogP contribution < -0.4 is 5.73 Å². The highest BCUT2D eigenvalue weighted by Gasteiger charge is 2.12. The first-order valence-corrected chi connectivity index (χ1v) is 4.64. The molecule has 0 aromatic carbocycles. The molecule has 0 radical (unpaired) electrons. The lowest BCUT2D eigenvalue weighted by Crippen LogP contribution is -2.17. The van der Waals surface area contributed by atoms with Crippen molar-refractivity contribution in [2.45, 2.75) is 25.5 Å². The Hall–Kier alpha value is -0.940. The first kappa shape index (κ1) is 11.1. The van der Waals surface area contributed by atoms with Crippen molar-refractivity contribution in [1.82, 2.24) is 0 Å². The van der Waals surface area contributed by atoms with E-state index >= 15 is 0 Å². The standard InChI is InChI=1S/C9H15FN2O2/c10-8(5-7(11)6-13)12-9-3-1-2-4-14-9/h5,9,13H,1-4,6,11H2/b7-5-,12-8-. The average Bonchev–Trinajstić information content (AvgIpc) is 2.19. The van der Waals surface area contributed by atoms with E-state index in [1.54, 1.807) is 0 Å². The van der Waals surface area contributed by atoms with Crippen LogP contribution in [-0.2, 0) is 4.74 Å². The summed E-state index contributed by atoms with van der Waals surface area (Å²) in [7, 11) is 0. The van der Waals surface area contributed by atoms with Crippen LogP contribution in [0.15, 0.2) is 16.8 Å². The van der Waals surface area contributed by atoms with Gasteiger partial charge in [0.2, 0.25) is 5.97 Å². The number of allylic oxidation sites excluding steroid dienone is 1. The molecule has 0 aromatic rings. The molecule has 0 aliphatic carbocycles. The van der Waals surface area contributed by atoms with E-state index in [0.717, 1.165) is 25.3 Å². The second kappa shape index (κ2) is 5.72. The molecule has 1 unspecified atom stereocenters. The summed E-state index contributed by atoms with van der Waals surface area (Å²) < 4.78 is 18.2. The zero-order valence-corrected chi connectivity index (χ0v) is 7.95. The Balaban J connectivity index is 2.49. The highest BCUT2D eigenvalue weighted by Crippen LogP contribution is 2.14.